The summed E-state index contributed by atoms with van der Waals surface area (Å²) >= 11 is 13.0. The van der Waals surface area contributed by atoms with E-state index in [1.165, 1.54) is 6.07 Å². The van der Waals surface area contributed by atoms with E-state index in [1.807, 2.05) is 61.0 Å². The van der Waals surface area contributed by atoms with E-state index in [0.717, 1.165) is 28.0 Å². The number of likely N-dealkylation sites (tertiary alicyclic amines) is 1. The third-order valence-corrected chi connectivity index (χ3v) is 11.1. The van der Waals surface area contributed by atoms with Gasteiger partial charge in [-0.2, -0.15) is 5.10 Å². The quantitative estimate of drug-likeness (QED) is 0.150. The molecule has 3 aliphatic heterocycles. The number of aryl methyl sites for hydroxylation is 1. The first kappa shape index (κ1) is 35.9. The van der Waals surface area contributed by atoms with E-state index in [0.29, 0.717) is 65.6 Å². The Balaban J connectivity index is 0.00000420. The monoisotopic (exact) mass is 743 g/mol. The number of hydrogen-bond donors (Lipinski definition) is 2. The van der Waals surface area contributed by atoms with Crippen LogP contribution in [0.4, 0.5) is 10.1 Å². The molecule has 0 unspecified atom stereocenters. The molecule has 4 aromatic carbocycles. The summed E-state index contributed by atoms with van der Waals surface area (Å²) in [5, 5.41) is 12.5. The van der Waals surface area contributed by atoms with Gasteiger partial charge in [0.2, 0.25) is 5.91 Å². The Hall–Kier alpha value is -4.48. The lowest BCUT2D eigenvalue weighted by atomic mass is 9.73. The number of anilines is 1. The van der Waals surface area contributed by atoms with Gasteiger partial charge in [-0.3, -0.25) is 19.2 Å². The summed E-state index contributed by atoms with van der Waals surface area (Å²) in [7, 11) is 1.58. The van der Waals surface area contributed by atoms with Crippen molar-refractivity contribution in [3.05, 3.63) is 122 Å². The van der Waals surface area contributed by atoms with Crippen LogP contribution in [0.15, 0.2) is 72.8 Å². The Bertz CT molecular complexity index is 2230. The second-order valence-electron chi connectivity index (χ2n) is 13.3. The van der Waals surface area contributed by atoms with Crippen molar-refractivity contribution in [2.75, 3.05) is 32.2 Å². The number of benzene rings is 4. The van der Waals surface area contributed by atoms with Crippen molar-refractivity contribution in [3.63, 3.8) is 0 Å². The lowest BCUT2D eigenvalue weighted by Gasteiger charge is -2.40. The average Bonchev–Trinajstić information content (AvgIpc) is 3.80. The maximum Gasteiger partial charge on any atom is 0.251 e. The van der Waals surface area contributed by atoms with Crippen LogP contribution in [0.2, 0.25) is 10.0 Å². The molecule has 8 rings (SSSR count). The standard InChI is InChI=1S/C39H36Cl2FN5O4.CH4/c1-4-51-24-8-5-7-22(16-24)20-46-33-19-32-27-15-21(2)26(37(48)43-13-14-50-3)18-30(27)45-47(32)36(33)34(25-9-6-10-29(41)35(25)42)39(46)28-12-11-23(40)17-31(28)44-38(39)49;/h5-12,15-18,33-34,36H,4,13-14,19-20H2,1-3H3,(H,43,48)(H,44,49);1H4/t33-,34-,36+,39+;/m0./s1. The molecule has 5 aromatic rings. The highest BCUT2D eigenvalue weighted by Crippen LogP contribution is 2.64. The maximum absolute atomic E-state index is 16.5. The number of fused-ring (bicyclic) bond motifs is 7. The second kappa shape index (κ2) is 13.8. The maximum atomic E-state index is 16.5. The van der Waals surface area contributed by atoms with E-state index < -0.39 is 23.3 Å². The number of nitrogens with zero attached hydrogens (tertiary/aromatic N) is 3. The van der Waals surface area contributed by atoms with Crippen molar-refractivity contribution in [1.29, 1.82) is 0 Å². The topological polar surface area (TPSA) is 97.7 Å². The normalized spacial score (nSPS) is 21.5. The van der Waals surface area contributed by atoms with Crippen LogP contribution < -0.4 is 15.4 Å². The molecule has 1 aromatic heterocycles. The van der Waals surface area contributed by atoms with Gasteiger partial charge in [0.15, 0.2) is 0 Å². The minimum absolute atomic E-state index is 0. The Morgan fingerprint density at radius 3 is 2.71 bits per heavy atom. The van der Waals surface area contributed by atoms with E-state index >= 15 is 4.39 Å². The van der Waals surface area contributed by atoms with Gasteiger partial charge in [-0.05, 0) is 73.0 Å². The fourth-order valence-corrected chi connectivity index (χ4v) is 8.94. The van der Waals surface area contributed by atoms with Gasteiger partial charge in [-0.15, -0.1) is 0 Å². The molecule has 0 saturated carbocycles. The molecular weight excluding hydrogens is 704 g/mol. The third-order valence-electron chi connectivity index (χ3n) is 10.6. The highest BCUT2D eigenvalue weighted by Gasteiger charge is 2.69. The second-order valence-corrected chi connectivity index (χ2v) is 14.2. The molecule has 4 atom stereocenters. The summed E-state index contributed by atoms with van der Waals surface area (Å²) in [6.07, 6.45) is 0.530. The van der Waals surface area contributed by atoms with Crippen molar-refractivity contribution in [2.45, 2.75) is 57.8 Å². The van der Waals surface area contributed by atoms with Crippen LogP contribution in [0.5, 0.6) is 5.75 Å². The number of hydrogen-bond acceptors (Lipinski definition) is 6. The molecule has 0 bridgehead atoms. The molecule has 52 heavy (non-hydrogen) atoms. The smallest absolute Gasteiger partial charge is 0.251 e. The van der Waals surface area contributed by atoms with Crippen LogP contribution in [-0.2, 0) is 28.0 Å². The molecule has 4 heterocycles. The highest BCUT2D eigenvalue weighted by atomic mass is 35.5. The van der Waals surface area contributed by atoms with E-state index in [9.17, 15) is 9.59 Å². The summed E-state index contributed by atoms with van der Waals surface area (Å²) in [6, 6.07) is 21.2. The molecule has 1 saturated heterocycles. The minimum Gasteiger partial charge on any atom is -0.494 e. The molecule has 3 aliphatic rings. The molecule has 9 nitrogen and oxygen atoms in total. The number of rotatable bonds is 9. The minimum atomic E-state index is -1.36. The van der Waals surface area contributed by atoms with E-state index in [1.54, 1.807) is 31.4 Å². The van der Waals surface area contributed by atoms with Gasteiger partial charge in [-0.25, -0.2) is 4.39 Å². The lowest BCUT2D eigenvalue weighted by Crippen LogP contribution is -2.52. The fraction of sp³-hybridized carbons (Fsp3) is 0.325. The number of amides is 2. The lowest BCUT2D eigenvalue weighted by molar-refractivity contribution is -0.128. The van der Waals surface area contributed by atoms with Gasteiger partial charge in [0.05, 0.1) is 29.8 Å². The van der Waals surface area contributed by atoms with Gasteiger partial charge in [0.25, 0.3) is 5.91 Å². The molecule has 0 radical (unpaired) electrons. The van der Waals surface area contributed by atoms with E-state index in [-0.39, 0.29) is 30.3 Å². The molecule has 2 amide bonds. The largest absolute Gasteiger partial charge is 0.494 e. The zero-order chi connectivity index (χ0) is 35.6. The summed E-state index contributed by atoms with van der Waals surface area (Å²) in [5.74, 6) is -1.10. The molecule has 1 fully saturated rings. The number of aromatic nitrogens is 2. The van der Waals surface area contributed by atoms with Crippen LogP contribution in [0.25, 0.3) is 10.9 Å². The van der Waals surface area contributed by atoms with Crippen molar-refractivity contribution in [1.82, 2.24) is 20.0 Å². The van der Waals surface area contributed by atoms with Crippen molar-refractivity contribution >= 4 is 51.6 Å². The molecule has 270 valence electrons. The van der Waals surface area contributed by atoms with E-state index in [4.69, 9.17) is 37.8 Å². The van der Waals surface area contributed by atoms with Crippen molar-refractivity contribution < 1.29 is 23.5 Å². The Morgan fingerprint density at radius 2 is 1.92 bits per heavy atom. The number of carbonyl (C=O) groups excluding carboxylic acids is 2. The first-order valence-corrected chi connectivity index (χ1v) is 17.8. The van der Waals surface area contributed by atoms with Crippen LogP contribution in [-0.4, -0.2) is 59.4 Å². The predicted octanol–water partition coefficient (Wildman–Crippen LogP) is 7.81. The summed E-state index contributed by atoms with van der Waals surface area (Å²) in [5.41, 5.74) is 4.13. The summed E-state index contributed by atoms with van der Waals surface area (Å²) in [4.78, 5) is 30.2. The van der Waals surface area contributed by atoms with E-state index in [2.05, 4.69) is 15.5 Å². The average molecular weight is 745 g/mol. The van der Waals surface area contributed by atoms with Crippen LogP contribution in [0.1, 0.15) is 64.6 Å². The summed E-state index contributed by atoms with van der Waals surface area (Å²) in [6.45, 7) is 5.50. The van der Waals surface area contributed by atoms with Crippen molar-refractivity contribution in [2.24, 2.45) is 0 Å². The molecule has 2 N–H and O–H groups in total. The molecular formula is C40H40Cl2FN5O4. The highest BCUT2D eigenvalue weighted by molar-refractivity contribution is 6.31. The van der Waals surface area contributed by atoms with Gasteiger partial charge in [0, 0.05) is 71.5 Å². The number of nitrogens with one attached hydrogen (secondary N) is 2. The number of halogens is 3. The number of methoxy groups -OCH3 is 1. The van der Waals surface area contributed by atoms with Crippen LogP contribution in [0, 0.1) is 12.7 Å². The third kappa shape index (κ3) is 5.46. The first-order chi connectivity index (χ1) is 24.7. The SMILES string of the molecule is C.CCOc1cccc(CN2[C@H]3Cc4c5cc(C)c(C(=O)NCCOC)cc5nn4[C@H]3[C@H](c3cccc(Cl)c3F)[C@]23C(=O)Nc2cc(Cl)ccc23)c1. The molecule has 0 aliphatic carbocycles. The Labute approximate surface area is 312 Å². The van der Waals surface area contributed by atoms with Crippen molar-refractivity contribution in [3.8, 4) is 5.75 Å². The molecule has 12 heteroatoms. The fourth-order valence-electron chi connectivity index (χ4n) is 8.59. The zero-order valence-corrected chi connectivity index (χ0v) is 29.8. The predicted molar refractivity (Wildman–Crippen MR) is 201 cm³/mol. The molecule has 1 spiro atoms. The van der Waals surface area contributed by atoms with Crippen LogP contribution >= 0.6 is 23.2 Å². The van der Waals surface area contributed by atoms with Gasteiger partial charge >= 0.3 is 0 Å². The number of ether oxygens (including phenoxy) is 2. The summed E-state index contributed by atoms with van der Waals surface area (Å²) < 4.78 is 29.4. The van der Waals surface area contributed by atoms with Gasteiger partial charge in [-0.1, -0.05) is 61.0 Å². The number of carbonyl (C=O) groups is 2. The zero-order valence-electron chi connectivity index (χ0n) is 28.3. The Morgan fingerprint density at radius 1 is 1.12 bits per heavy atom. The van der Waals surface area contributed by atoms with Crippen LogP contribution in [0.3, 0.4) is 0 Å². The Kier molecular flexibility index (Phi) is 9.54. The van der Waals surface area contributed by atoms with Gasteiger partial charge in [0.1, 0.15) is 17.1 Å². The van der Waals surface area contributed by atoms with Gasteiger partial charge < -0.3 is 20.1 Å². The first-order valence-electron chi connectivity index (χ1n) is 17.0.